The molecule has 1 fully saturated rings. The molecule has 2 atom stereocenters. The van der Waals surface area contributed by atoms with Crippen molar-refractivity contribution in [2.75, 3.05) is 26.7 Å². The fourth-order valence-corrected chi connectivity index (χ4v) is 3.81. The second-order valence-corrected chi connectivity index (χ2v) is 7.63. The van der Waals surface area contributed by atoms with Gasteiger partial charge in [-0.3, -0.25) is 9.98 Å². The number of amidine groups is 1. The number of alkyl halides is 3. The van der Waals surface area contributed by atoms with Crippen molar-refractivity contribution in [3.8, 4) is 5.75 Å². The number of hydrogen-bond donors (Lipinski definition) is 1. The summed E-state index contributed by atoms with van der Waals surface area (Å²) in [6.45, 7) is 2.96. The summed E-state index contributed by atoms with van der Waals surface area (Å²) in [4.78, 5) is 11.5. The van der Waals surface area contributed by atoms with Crippen LogP contribution in [0.2, 0.25) is 0 Å². The molecule has 3 aliphatic rings. The van der Waals surface area contributed by atoms with Crippen LogP contribution in [0.4, 0.5) is 13.2 Å². The first kappa shape index (κ1) is 19.9. The summed E-state index contributed by atoms with van der Waals surface area (Å²) in [6, 6.07) is 5.68. The van der Waals surface area contributed by atoms with Gasteiger partial charge in [-0.15, -0.1) is 13.2 Å². The lowest BCUT2D eigenvalue weighted by Gasteiger charge is -2.32. The van der Waals surface area contributed by atoms with Crippen LogP contribution in [-0.4, -0.2) is 61.2 Å². The Labute approximate surface area is 167 Å². The van der Waals surface area contributed by atoms with Gasteiger partial charge in [0.05, 0.1) is 6.04 Å². The maximum absolute atomic E-state index is 12.5. The standard InChI is InChI=1S/C20H24F3N5O/c1-27-9-7-14(8-10-27)12-24-18-5-6-19-25-13-17(28(19)26-18)15-3-2-4-16(11-15)29-20(21,22)23/h2-6,11,13-14,17,19H,7-10,12H2,1H3,(H,24,26). The molecule has 3 aliphatic heterocycles. The van der Waals surface area contributed by atoms with E-state index in [1.807, 2.05) is 17.2 Å². The van der Waals surface area contributed by atoms with Crippen LogP contribution >= 0.6 is 0 Å². The monoisotopic (exact) mass is 407 g/mol. The Kier molecular flexibility index (Phi) is 5.60. The van der Waals surface area contributed by atoms with Crippen molar-refractivity contribution in [3.63, 3.8) is 0 Å². The first-order valence-corrected chi connectivity index (χ1v) is 9.72. The van der Waals surface area contributed by atoms with Crippen molar-refractivity contribution in [3.05, 3.63) is 42.0 Å². The van der Waals surface area contributed by atoms with Crippen molar-refractivity contribution in [2.45, 2.75) is 31.4 Å². The molecule has 156 valence electrons. The van der Waals surface area contributed by atoms with Gasteiger partial charge in [-0.25, -0.2) is 0 Å². The van der Waals surface area contributed by atoms with E-state index in [4.69, 9.17) is 4.99 Å². The largest absolute Gasteiger partial charge is 0.573 e. The number of benzene rings is 1. The van der Waals surface area contributed by atoms with Gasteiger partial charge in [0.25, 0.3) is 0 Å². The number of rotatable bonds is 4. The van der Waals surface area contributed by atoms with Gasteiger partial charge in [-0.1, -0.05) is 12.1 Å². The number of aliphatic imine (C=N–C) groups is 2. The van der Waals surface area contributed by atoms with Crippen molar-refractivity contribution in [2.24, 2.45) is 15.9 Å². The maximum Gasteiger partial charge on any atom is 0.573 e. The van der Waals surface area contributed by atoms with Crippen LogP contribution in [0.3, 0.4) is 0 Å². The fraction of sp³-hybridized carbons (Fsp3) is 0.500. The summed E-state index contributed by atoms with van der Waals surface area (Å²) in [7, 11) is 2.13. The van der Waals surface area contributed by atoms with Crippen LogP contribution in [0.15, 0.2) is 46.4 Å². The zero-order chi connectivity index (χ0) is 20.4. The molecular formula is C20H24F3N5O. The quantitative estimate of drug-likeness (QED) is 0.833. The van der Waals surface area contributed by atoms with Gasteiger partial charge < -0.3 is 15.1 Å². The van der Waals surface area contributed by atoms with E-state index in [2.05, 4.69) is 27.1 Å². The molecule has 1 N–H and O–H groups in total. The van der Waals surface area contributed by atoms with Gasteiger partial charge in [0.1, 0.15) is 17.8 Å². The third kappa shape index (κ3) is 4.97. The Morgan fingerprint density at radius 3 is 2.83 bits per heavy atom. The summed E-state index contributed by atoms with van der Waals surface area (Å²) in [5.41, 5.74) is 3.94. The van der Waals surface area contributed by atoms with E-state index in [9.17, 15) is 13.2 Å². The molecule has 0 aromatic heterocycles. The van der Waals surface area contributed by atoms with Crippen LogP contribution in [0.1, 0.15) is 24.4 Å². The Bertz CT molecular complexity index is 815. The molecule has 0 radical (unpaired) electrons. The van der Waals surface area contributed by atoms with Crippen molar-refractivity contribution >= 4 is 12.1 Å². The third-order valence-corrected chi connectivity index (χ3v) is 5.43. The Morgan fingerprint density at radius 1 is 1.28 bits per heavy atom. The Morgan fingerprint density at radius 2 is 2.07 bits per heavy atom. The molecule has 6 nitrogen and oxygen atoms in total. The lowest BCUT2D eigenvalue weighted by atomic mass is 9.97. The fourth-order valence-electron chi connectivity index (χ4n) is 3.81. The van der Waals surface area contributed by atoms with Crippen molar-refractivity contribution in [1.29, 1.82) is 0 Å². The molecule has 0 bridgehead atoms. The molecular weight excluding hydrogens is 383 g/mol. The topological polar surface area (TPSA) is 52.5 Å². The minimum absolute atomic E-state index is 0.213. The summed E-state index contributed by atoms with van der Waals surface area (Å²) >= 11 is 0. The second-order valence-electron chi connectivity index (χ2n) is 7.63. The SMILES string of the molecule is CN1CCC(CN=C2C=CC3N=CC(c4cccc(OC(F)(F)F)c4)N3N2)CC1. The van der Waals surface area contributed by atoms with E-state index in [0.29, 0.717) is 11.5 Å². The predicted molar refractivity (Wildman–Crippen MR) is 105 cm³/mol. The van der Waals surface area contributed by atoms with Crippen LogP contribution in [0, 0.1) is 5.92 Å². The molecule has 1 aromatic rings. The number of ether oxygens (including phenoxy) is 1. The molecule has 0 saturated carbocycles. The smallest absolute Gasteiger partial charge is 0.406 e. The highest BCUT2D eigenvalue weighted by Crippen LogP contribution is 2.31. The lowest BCUT2D eigenvalue weighted by molar-refractivity contribution is -0.274. The molecule has 4 rings (SSSR count). The minimum atomic E-state index is -4.72. The summed E-state index contributed by atoms with van der Waals surface area (Å²) in [6.07, 6.45) is 2.94. The highest BCUT2D eigenvalue weighted by Gasteiger charge is 2.34. The zero-order valence-corrected chi connectivity index (χ0v) is 16.1. The van der Waals surface area contributed by atoms with E-state index in [-0.39, 0.29) is 18.0 Å². The predicted octanol–water partition coefficient (Wildman–Crippen LogP) is 3.15. The van der Waals surface area contributed by atoms with E-state index >= 15 is 0 Å². The molecule has 1 aromatic carbocycles. The number of halogens is 3. The van der Waals surface area contributed by atoms with Gasteiger partial charge in [0, 0.05) is 12.8 Å². The molecule has 3 heterocycles. The van der Waals surface area contributed by atoms with E-state index in [1.165, 1.54) is 12.1 Å². The van der Waals surface area contributed by atoms with Gasteiger partial charge in [-0.2, -0.15) is 5.01 Å². The second kappa shape index (κ2) is 8.16. The van der Waals surface area contributed by atoms with Crippen LogP contribution in [0.5, 0.6) is 5.75 Å². The number of piperidine rings is 1. The number of hydrazine groups is 1. The van der Waals surface area contributed by atoms with E-state index < -0.39 is 6.36 Å². The number of fused-ring (bicyclic) bond motifs is 1. The van der Waals surface area contributed by atoms with Crippen molar-refractivity contribution < 1.29 is 17.9 Å². The van der Waals surface area contributed by atoms with Gasteiger partial charge in [0.15, 0.2) is 0 Å². The molecule has 9 heteroatoms. The third-order valence-electron chi connectivity index (χ3n) is 5.43. The zero-order valence-electron chi connectivity index (χ0n) is 16.1. The molecule has 1 saturated heterocycles. The molecule has 0 amide bonds. The van der Waals surface area contributed by atoms with Gasteiger partial charge >= 0.3 is 6.36 Å². The van der Waals surface area contributed by atoms with E-state index in [0.717, 1.165) is 38.3 Å². The highest BCUT2D eigenvalue weighted by molar-refractivity contribution is 5.94. The number of nitrogens with one attached hydrogen (secondary N) is 1. The van der Waals surface area contributed by atoms with Crippen molar-refractivity contribution in [1.82, 2.24) is 15.3 Å². The van der Waals surface area contributed by atoms with Crippen LogP contribution in [0.25, 0.3) is 0 Å². The van der Waals surface area contributed by atoms with E-state index in [1.54, 1.807) is 18.3 Å². The minimum Gasteiger partial charge on any atom is -0.406 e. The normalized spacial score (nSPS) is 27.2. The highest BCUT2D eigenvalue weighted by atomic mass is 19.4. The first-order chi connectivity index (χ1) is 13.9. The lowest BCUT2D eigenvalue weighted by Crippen LogP contribution is -2.49. The molecule has 0 spiro atoms. The molecule has 29 heavy (non-hydrogen) atoms. The molecule has 0 aliphatic carbocycles. The summed E-state index contributed by atoms with van der Waals surface area (Å²) in [5, 5.41) is 1.89. The Balaban J connectivity index is 1.43. The van der Waals surface area contributed by atoms with Crippen LogP contribution < -0.4 is 10.2 Å². The number of likely N-dealkylation sites (tertiary alicyclic amines) is 1. The average Bonchev–Trinajstić information content (AvgIpc) is 3.10. The first-order valence-electron chi connectivity index (χ1n) is 9.72. The van der Waals surface area contributed by atoms with Gasteiger partial charge in [-0.05, 0) is 68.7 Å². The number of nitrogens with zero attached hydrogens (tertiary/aromatic N) is 4. The van der Waals surface area contributed by atoms with Gasteiger partial charge in [0.2, 0.25) is 0 Å². The molecule has 2 unspecified atom stereocenters. The summed E-state index contributed by atoms with van der Waals surface area (Å²) in [5.74, 6) is 1.09. The number of hydrogen-bond acceptors (Lipinski definition) is 5. The average molecular weight is 407 g/mol. The van der Waals surface area contributed by atoms with Crippen LogP contribution in [-0.2, 0) is 0 Å². The maximum atomic E-state index is 12.5. The Hall–Kier alpha value is -2.39. The summed E-state index contributed by atoms with van der Waals surface area (Å²) < 4.78 is 41.6.